The Morgan fingerprint density at radius 2 is 2.44 bits per heavy atom. The first kappa shape index (κ1) is 11.9. The summed E-state index contributed by atoms with van der Waals surface area (Å²) in [6, 6.07) is 2.21. The molecule has 2 nitrogen and oxygen atoms in total. The predicted octanol–water partition coefficient (Wildman–Crippen LogP) is 2.98. The molecule has 88 valence electrons. The van der Waals surface area contributed by atoms with Gasteiger partial charge < -0.3 is 5.32 Å². The normalized spacial score (nSPS) is 15.9. The van der Waals surface area contributed by atoms with Crippen molar-refractivity contribution in [2.75, 3.05) is 5.88 Å². The van der Waals surface area contributed by atoms with Crippen LogP contribution in [0.1, 0.15) is 39.9 Å². The monoisotopic (exact) mass is 257 g/mol. The molecular formula is C12H16ClNOS. The van der Waals surface area contributed by atoms with Crippen molar-refractivity contribution in [3.05, 3.63) is 21.4 Å². The Balaban J connectivity index is 1.98. The molecule has 0 fully saturated rings. The molecule has 0 radical (unpaired) electrons. The minimum atomic E-state index is 0.0528. The molecule has 0 saturated carbocycles. The lowest BCUT2D eigenvalue weighted by molar-refractivity contribution is 0.0943. The van der Waals surface area contributed by atoms with Crippen LogP contribution in [0.2, 0.25) is 0 Å². The summed E-state index contributed by atoms with van der Waals surface area (Å²) in [4.78, 5) is 14.1. The molecule has 2 rings (SSSR count). The van der Waals surface area contributed by atoms with Crippen LogP contribution in [0.15, 0.2) is 6.07 Å². The number of nitrogens with one attached hydrogen (secondary N) is 1. The molecular weight excluding hydrogens is 242 g/mol. The zero-order valence-electron chi connectivity index (χ0n) is 9.38. The molecule has 1 aromatic heterocycles. The molecule has 1 aliphatic rings. The van der Waals surface area contributed by atoms with Crippen LogP contribution >= 0.6 is 22.9 Å². The van der Waals surface area contributed by atoms with E-state index in [1.165, 1.54) is 16.9 Å². The molecule has 1 aromatic rings. The molecule has 1 unspecified atom stereocenters. The number of alkyl halides is 1. The van der Waals surface area contributed by atoms with E-state index in [0.717, 1.165) is 24.1 Å². The maximum atomic E-state index is 11.9. The van der Waals surface area contributed by atoms with Gasteiger partial charge in [-0.25, -0.2) is 0 Å². The quantitative estimate of drug-likeness (QED) is 0.826. The summed E-state index contributed by atoms with van der Waals surface area (Å²) in [5.41, 5.74) is 1.38. The standard InChI is InChI=1S/C12H16ClNOS/c1-8(5-6-13)14-12(15)11-7-9-3-2-4-10(9)16-11/h7-8H,2-6H2,1H3,(H,14,15). The smallest absolute Gasteiger partial charge is 0.261 e. The third kappa shape index (κ3) is 2.58. The number of rotatable bonds is 4. The van der Waals surface area contributed by atoms with E-state index in [0.29, 0.717) is 5.88 Å². The Labute approximate surface area is 105 Å². The first-order valence-corrected chi connectivity index (χ1v) is 7.04. The summed E-state index contributed by atoms with van der Waals surface area (Å²) >= 11 is 7.28. The van der Waals surface area contributed by atoms with Gasteiger partial charge in [-0.15, -0.1) is 22.9 Å². The third-order valence-electron chi connectivity index (χ3n) is 2.89. The number of carbonyl (C=O) groups is 1. The van der Waals surface area contributed by atoms with E-state index in [-0.39, 0.29) is 11.9 Å². The number of amides is 1. The molecule has 4 heteroatoms. The van der Waals surface area contributed by atoms with Gasteiger partial charge in [0.05, 0.1) is 4.88 Å². The van der Waals surface area contributed by atoms with Gasteiger partial charge in [-0.3, -0.25) is 4.79 Å². The molecule has 0 bridgehead atoms. The van der Waals surface area contributed by atoms with Crippen LogP contribution in [0, 0.1) is 0 Å². The van der Waals surface area contributed by atoms with Crippen LogP contribution in [0.25, 0.3) is 0 Å². The lowest BCUT2D eigenvalue weighted by Crippen LogP contribution is -2.32. The van der Waals surface area contributed by atoms with Crippen molar-refractivity contribution in [3.8, 4) is 0 Å². The number of hydrogen-bond donors (Lipinski definition) is 1. The van der Waals surface area contributed by atoms with Crippen LogP contribution < -0.4 is 5.32 Å². The summed E-state index contributed by atoms with van der Waals surface area (Å²) in [6.45, 7) is 1.99. The lowest BCUT2D eigenvalue weighted by atomic mass is 10.2. The molecule has 1 N–H and O–H groups in total. The number of aryl methyl sites for hydroxylation is 2. The van der Waals surface area contributed by atoms with Crippen molar-refractivity contribution < 1.29 is 4.79 Å². The fourth-order valence-corrected chi connectivity index (χ4v) is 3.46. The zero-order chi connectivity index (χ0) is 11.5. The third-order valence-corrected chi connectivity index (χ3v) is 4.34. The van der Waals surface area contributed by atoms with Gasteiger partial charge in [-0.2, -0.15) is 0 Å². The van der Waals surface area contributed by atoms with Gasteiger partial charge in [0.1, 0.15) is 0 Å². The maximum Gasteiger partial charge on any atom is 0.261 e. The Kier molecular flexibility index (Phi) is 3.87. The Hall–Kier alpha value is -0.540. The fourth-order valence-electron chi connectivity index (χ4n) is 1.97. The van der Waals surface area contributed by atoms with E-state index in [4.69, 9.17) is 11.6 Å². The summed E-state index contributed by atoms with van der Waals surface area (Å²) in [5, 5.41) is 2.97. The number of fused-ring (bicyclic) bond motifs is 1. The second-order valence-electron chi connectivity index (χ2n) is 4.26. The highest BCUT2D eigenvalue weighted by Crippen LogP contribution is 2.30. The molecule has 0 spiro atoms. The first-order chi connectivity index (χ1) is 7.70. The first-order valence-electron chi connectivity index (χ1n) is 5.69. The average Bonchev–Trinajstić information content (AvgIpc) is 2.76. The van der Waals surface area contributed by atoms with Crippen LogP contribution in [-0.2, 0) is 12.8 Å². The molecule has 0 aromatic carbocycles. The van der Waals surface area contributed by atoms with Crippen LogP contribution in [0.3, 0.4) is 0 Å². The molecule has 0 saturated heterocycles. The fraction of sp³-hybridized carbons (Fsp3) is 0.583. The molecule has 1 heterocycles. The van der Waals surface area contributed by atoms with Crippen molar-refractivity contribution in [1.29, 1.82) is 0 Å². The van der Waals surface area contributed by atoms with Gasteiger partial charge in [0.2, 0.25) is 0 Å². The van der Waals surface area contributed by atoms with Gasteiger partial charge in [0.25, 0.3) is 5.91 Å². The van der Waals surface area contributed by atoms with Gasteiger partial charge in [-0.05, 0) is 44.2 Å². The minimum Gasteiger partial charge on any atom is -0.349 e. The maximum absolute atomic E-state index is 11.9. The molecule has 1 aliphatic carbocycles. The highest BCUT2D eigenvalue weighted by atomic mass is 35.5. The number of hydrogen-bond acceptors (Lipinski definition) is 2. The lowest BCUT2D eigenvalue weighted by Gasteiger charge is -2.10. The zero-order valence-corrected chi connectivity index (χ0v) is 11.0. The van der Waals surface area contributed by atoms with Gasteiger partial charge in [0, 0.05) is 16.8 Å². The molecule has 1 amide bonds. The van der Waals surface area contributed by atoms with Crippen molar-refractivity contribution in [3.63, 3.8) is 0 Å². The van der Waals surface area contributed by atoms with Crippen molar-refractivity contribution in [1.82, 2.24) is 5.32 Å². The predicted molar refractivity (Wildman–Crippen MR) is 68.6 cm³/mol. The van der Waals surface area contributed by atoms with Crippen molar-refractivity contribution in [2.24, 2.45) is 0 Å². The number of carbonyl (C=O) groups excluding carboxylic acids is 1. The Morgan fingerprint density at radius 3 is 3.12 bits per heavy atom. The Morgan fingerprint density at radius 1 is 1.62 bits per heavy atom. The Bertz CT molecular complexity index is 367. The van der Waals surface area contributed by atoms with E-state index < -0.39 is 0 Å². The van der Waals surface area contributed by atoms with Crippen molar-refractivity contribution >= 4 is 28.8 Å². The van der Waals surface area contributed by atoms with Crippen molar-refractivity contribution in [2.45, 2.75) is 38.6 Å². The summed E-state index contributed by atoms with van der Waals surface area (Å²) < 4.78 is 0. The average molecular weight is 258 g/mol. The van der Waals surface area contributed by atoms with E-state index in [2.05, 4.69) is 11.4 Å². The highest BCUT2D eigenvalue weighted by Gasteiger charge is 2.19. The molecule has 0 aliphatic heterocycles. The van der Waals surface area contributed by atoms with Gasteiger partial charge in [0.15, 0.2) is 0 Å². The van der Waals surface area contributed by atoms with E-state index in [1.807, 2.05) is 6.92 Å². The SMILES string of the molecule is CC(CCCl)NC(=O)c1cc2c(s1)CCC2. The van der Waals surface area contributed by atoms with Gasteiger partial charge >= 0.3 is 0 Å². The summed E-state index contributed by atoms with van der Waals surface area (Å²) in [5.74, 6) is 0.638. The van der Waals surface area contributed by atoms with E-state index in [1.54, 1.807) is 11.3 Å². The number of thiophene rings is 1. The topological polar surface area (TPSA) is 29.1 Å². The summed E-state index contributed by atoms with van der Waals surface area (Å²) in [7, 11) is 0. The van der Waals surface area contributed by atoms with E-state index in [9.17, 15) is 4.79 Å². The highest BCUT2D eigenvalue weighted by molar-refractivity contribution is 7.14. The van der Waals surface area contributed by atoms with Crippen LogP contribution in [0.5, 0.6) is 0 Å². The molecule has 16 heavy (non-hydrogen) atoms. The van der Waals surface area contributed by atoms with Crippen LogP contribution in [0.4, 0.5) is 0 Å². The minimum absolute atomic E-state index is 0.0528. The van der Waals surface area contributed by atoms with E-state index >= 15 is 0 Å². The molecule has 1 atom stereocenters. The van der Waals surface area contributed by atoms with Crippen LogP contribution in [-0.4, -0.2) is 17.8 Å². The number of halogens is 1. The summed E-state index contributed by atoms with van der Waals surface area (Å²) in [6.07, 6.45) is 4.34. The second-order valence-corrected chi connectivity index (χ2v) is 5.78. The largest absolute Gasteiger partial charge is 0.349 e. The van der Waals surface area contributed by atoms with Gasteiger partial charge in [-0.1, -0.05) is 0 Å². The second kappa shape index (κ2) is 5.19.